The van der Waals surface area contributed by atoms with E-state index in [9.17, 15) is 14.4 Å². The molecule has 2 aliphatic rings. The molecule has 0 aliphatic heterocycles. The zero-order valence-electron chi connectivity index (χ0n) is 16.5. The van der Waals surface area contributed by atoms with Crippen molar-refractivity contribution < 1.29 is 14.4 Å². The summed E-state index contributed by atoms with van der Waals surface area (Å²) < 4.78 is 0. The van der Waals surface area contributed by atoms with E-state index in [-0.39, 0.29) is 29.4 Å². The Balaban J connectivity index is 1.74. The van der Waals surface area contributed by atoms with Crippen molar-refractivity contribution in [3.63, 3.8) is 0 Å². The molecule has 1 aromatic carbocycles. The topological polar surface area (TPSA) is 63.2 Å². The van der Waals surface area contributed by atoms with E-state index in [0.29, 0.717) is 18.8 Å². The van der Waals surface area contributed by atoms with Crippen LogP contribution in [0.25, 0.3) is 0 Å². The summed E-state index contributed by atoms with van der Waals surface area (Å²) >= 11 is 0. The van der Waals surface area contributed by atoms with Crippen molar-refractivity contribution in [2.45, 2.75) is 65.3 Å². The maximum Gasteiger partial charge on any atom is 0.217 e. The van der Waals surface area contributed by atoms with E-state index in [0.717, 1.165) is 35.1 Å². The molecular weight excluding hydrogens is 338 g/mol. The van der Waals surface area contributed by atoms with Crippen LogP contribution in [0.2, 0.25) is 0 Å². The summed E-state index contributed by atoms with van der Waals surface area (Å²) in [5, 5.41) is 2.92. The van der Waals surface area contributed by atoms with Crippen LogP contribution < -0.4 is 5.32 Å². The number of nitrogens with one attached hydrogen (secondary N) is 1. The highest BCUT2D eigenvalue weighted by Gasteiger charge is 2.44. The maximum absolute atomic E-state index is 12.9. The summed E-state index contributed by atoms with van der Waals surface area (Å²) in [5.74, 6) is 5.86. The first-order valence-electron chi connectivity index (χ1n) is 9.66. The Morgan fingerprint density at radius 3 is 2.07 bits per heavy atom. The predicted octanol–water partition coefficient (Wildman–Crippen LogP) is 3.22. The second-order valence-electron chi connectivity index (χ2n) is 8.06. The molecule has 3 rings (SSSR count). The van der Waals surface area contributed by atoms with Crippen LogP contribution in [0.5, 0.6) is 0 Å². The van der Waals surface area contributed by atoms with Gasteiger partial charge in [-0.1, -0.05) is 5.92 Å². The smallest absolute Gasteiger partial charge is 0.217 e. The molecule has 0 bridgehead atoms. The van der Waals surface area contributed by atoms with Crippen LogP contribution in [0.3, 0.4) is 0 Å². The Morgan fingerprint density at radius 1 is 1.04 bits per heavy atom. The Hall–Kier alpha value is -2.41. The molecule has 0 aromatic heterocycles. The number of hydrogen-bond donors (Lipinski definition) is 1. The average molecular weight is 365 g/mol. The molecule has 0 atom stereocenters. The van der Waals surface area contributed by atoms with E-state index in [1.165, 1.54) is 6.92 Å². The first kappa shape index (κ1) is 19.4. The normalized spacial score (nSPS) is 27.4. The van der Waals surface area contributed by atoms with E-state index in [1.807, 2.05) is 26.0 Å². The molecular formula is C23H27NO3. The minimum Gasteiger partial charge on any atom is -0.354 e. The Kier molecular flexibility index (Phi) is 5.51. The van der Waals surface area contributed by atoms with Gasteiger partial charge in [0.05, 0.1) is 0 Å². The maximum atomic E-state index is 12.9. The van der Waals surface area contributed by atoms with Crippen LogP contribution in [0.15, 0.2) is 12.1 Å². The van der Waals surface area contributed by atoms with E-state index in [2.05, 4.69) is 17.2 Å². The van der Waals surface area contributed by atoms with E-state index >= 15 is 0 Å². The summed E-state index contributed by atoms with van der Waals surface area (Å²) in [6.45, 7) is 7.23. The molecule has 27 heavy (non-hydrogen) atoms. The van der Waals surface area contributed by atoms with Crippen LogP contribution in [0.1, 0.15) is 67.7 Å². The van der Waals surface area contributed by atoms with Gasteiger partial charge >= 0.3 is 0 Å². The van der Waals surface area contributed by atoms with Gasteiger partial charge < -0.3 is 5.32 Å². The fourth-order valence-electron chi connectivity index (χ4n) is 4.76. The van der Waals surface area contributed by atoms with Crippen LogP contribution in [-0.4, -0.2) is 23.5 Å². The predicted molar refractivity (Wildman–Crippen MR) is 104 cm³/mol. The third-order valence-electron chi connectivity index (χ3n) is 5.97. The number of benzene rings is 1. The fraction of sp³-hybridized carbons (Fsp3) is 0.522. The highest BCUT2D eigenvalue weighted by atomic mass is 16.2. The minimum atomic E-state index is -0.629. The summed E-state index contributed by atoms with van der Waals surface area (Å²) in [7, 11) is 0. The lowest BCUT2D eigenvalue weighted by atomic mass is 9.64. The van der Waals surface area contributed by atoms with Crippen molar-refractivity contribution >= 4 is 17.5 Å². The summed E-state index contributed by atoms with van der Waals surface area (Å²) in [6, 6.07) is 4.14. The summed E-state index contributed by atoms with van der Waals surface area (Å²) in [5.41, 5.74) is 3.72. The summed E-state index contributed by atoms with van der Waals surface area (Å²) in [4.78, 5) is 37.0. The van der Waals surface area contributed by atoms with E-state index in [4.69, 9.17) is 0 Å². The van der Waals surface area contributed by atoms with Crippen molar-refractivity contribution in [2.24, 2.45) is 11.8 Å². The number of carbonyl (C=O) groups excluding carboxylic acids is 3. The first-order chi connectivity index (χ1) is 12.8. The highest BCUT2D eigenvalue weighted by molar-refractivity contribution is 6.10. The number of hydrogen-bond acceptors (Lipinski definition) is 3. The van der Waals surface area contributed by atoms with Crippen LogP contribution in [0, 0.1) is 37.5 Å². The molecule has 142 valence electrons. The van der Waals surface area contributed by atoms with Gasteiger partial charge in [0.25, 0.3) is 0 Å². The molecule has 0 spiro atoms. The second-order valence-corrected chi connectivity index (χ2v) is 8.06. The molecule has 2 fully saturated rings. The van der Waals surface area contributed by atoms with Crippen LogP contribution >= 0.6 is 0 Å². The monoisotopic (exact) mass is 365 g/mol. The second kappa shape index (κ2) is 7.68. The average Bonchev–Trinajstić information content (AvgIpc) is 2.52. The standard InChI is InChI=1S/C23H27NO3/c1-5-6-16-7-13(2)22(14(3)8-16)23-20(26)11-18(12-21(23)27)17-9-19(10-17)24-15(4)25/h7-8,17-19,23H,9-12H2,1-4H3,(H,24,25). The Bertz CT molecular complexity index is 811. The van der Waals surface area contributed by atoms with Gasteiger partial charge in [-0.15, -0.1) is 5.92 Å². The molecule has 1 amide bonds. The van der Waals surface area contributed by atoms with Gasteiger partial charge in [-0.25, -0.2) is 0 Å². The van der Waals surface area contributed by atoms with Crippen molar-refractivity contribution in [3.05, 3.63) is 34.4 Å². The molecule has 0 heterocycles. The number of carbonyl (C=O) groups is 3. The van der Waals surface area contributed by atoms with Gasteiger partial charge in [-0.2, -0.15) is 0 Å². The van der Waals surface area contributed by atoms with Gasteiger partial charge in [0.15, 0.2) is 0 Å². The van der Waals surface area contributed by atoms with Gasteiger partial charge in [-0.3, -0.25) is 14.4 Å². The van der Waals surface area contributed by atoms with E-state index < -0.39 is 5.92 Å². The van der Waals surface area contributed by atoms with Gasteiger partial charge in [0.1, 0.15) is 17.5 Å². The van der Waals surface area contributed by atoms with Crippen LogP contribution in [0.4, 0.5) is 0 Å². The van der Waals surface area contributed by atoms with Gasteiger partial charge in [0.2, 0.25) is 5.91 Å². The Morgan fingerprint density at radius 2 is 1.59 bits per heavy atom. The molecule has 0 unspecified atom stereocenters. The lowest BCUT2D eigenvalue weighted by molar-refractivity contribution is -0.135. The number of aryl methyl sites for hydroxylation is 2. The third kappa shape index (κ3) is 3.98. The number of rotatable bonds is 3. The van der Waals surface area contributed by atoms with E-state index in [1.54, 1.807) is 6.92 Å². The molecule has 4 nitrogen and oxygen atoms in total. The first-order valence-corrected chi connectivity index (χ1v) is 9.66. The molecule has 0 saturated heterocycles. The highest BCUT2D eigenvalue weighted by Crippen LogP contribution is 2.43. The van der Waals surface area contributed by atoms with Crippen molar-refractivity contribution in [1.29, 1.82) is 0 Å². The number of amides is 1. The van der Waals surface area contributed by atoms with Crippen molar-refractivity contribution in [1.82, 2.24) is 5.32 Å². The van der Waals surface area contributed by atoms with Crippen molar-refractivity contribution in [3.8, 4) is 11.8 Å². The summed E-state index contributed by atoms with van der Waals surface area (Å²) in [6.07, 6.45) is 2.67. The van der Waals surface area contributed by atoms with Gasteiger partial charge in [0, 0.05) is 31.4 Å². The SMILES string of the molecule is CC#Cc1cc(C)c(C2C(=O)CC(C3CC(NC(C)=O)C3)CC2=O)c(C)c1. The fourth-order valence-corrected chi connectivity index (χ4v) is 4.76. The molecule has 1 N–H and O–H groups in total. The lowest BCUT2D eigenvalue weighted by Crippen LogP contribution is -2.48. The minimum absolute atomic E-state index is 0.0172. The number of ketones is 2. The van der Waals surface area contributed by atoms with Crippen LogP contribution in [-0.2, 0) is 14.4 Å². The molecule has 0 radical (unpaired) electrons. The quantitative estimate of drug-likeness (QED) is 0.661. The van der Waals surface area contributed by atoms with Crippen molar-refractivity contribution in [2.75, 3.05) is 0 Å². The molecule has 2 aliphatic carbocycles. The third-order valence-corrected chi connectivity index (χ3v) is 5.97. The van der Waals surface area contributed by atoms with Gasteiger partial charge in [-0.05, 0) is 74.3 Å². The molecule has 1 aromatic rings. The molecule has 4 heteroatoms. The zero-order chi connectivity index (χ0) is 19.7. The molecule has 2 saturated carbocycles. The number of Topliss-reactive ketones (excluding diaryl/α,β-unsaturated/α-hetero) is 2. The lowest BCUT2D eigenvalue weighted by Gasteiger charge is -2.42. The largest absolute Gasteiger partial charge is 0.354 e. The zero-order valence-corrected chi connectivity index (χ0v) is 16.5. The Labute approximate surface area is 161 Å².